The Labute approximate surface area is 227 Å². The Kier molecular flexibility index (Phi) is 5.79. The summed E-state index contributed by atoms with van der Waals surface area (Å²) in [6.07, 6.45) is 4.51. The maximum absolute atomic E-state index is 6.86. The van der Waals surface area contributed by atoms with E-state index in [0.29, 0.717) is 11.8 Å². The maximum atomic E-state index is 6.86. The normalized spacial score (nSPS) is 14.2. The molecule has 38 heavy (non-hydrogen) atoms. The molecule has 0 fully saturated rings. The molecular weight excluding hydrogens is 462 g/mol. The van der Waals surface area contributed by atoms with Gasteiger partial charge in [-0.2, -0.15) is 0 Å². The summed E-state index contributed by atoms with van der Waals surface area (Å²) in [6.45, 7) is 16.0. The van der Waals surface area contributed by atoms with E-state index < -0.39 is 0 Å². The minimum absolute atomic E-state index is 0.0146. The van der Waals surface area contributed by atoms with Crippen LogP contribution in [0.15, 0.2) is 65.2 Å². The van der Waals surface area contributed by atoms with Crippen molar-refractivity contribution in [2.45, 2.75) is 66.7 Å². The fraction of sp³-hybridized carbons (Fsp3) is 0.361. The van der Waals surface area contributed by atoms with Crippen LogP contribution in [0.25, 0.3) is 44.3 Å². The monoisotopic (exact) mass is 502 g/mol. The van der Waals surface area contributed by atoms with Crippen molar-refractivity contribution in [3.8, 4) is 22.4 Å². The van der Waals surface area contributed by atoms with E-state index in [1.165, 1.54) is 61.0 Å². The quantitative estimate of drug-likeness (QED) is 0.219. The van der Waals surface area contributed by atoms with Crippen LogP contribution in [0.5, 0.6) is 0 Å². The number of pyridine rings is 1. The number of aromatic nitrogens is 1. The van der Waals surface area contributed by atoms with Gasteiger partial charge in [0.25, 0.3) is 0 Å². The minimum Gasteiger partial charge on any atom is -0.455 e. The Bertz CT molecular complexity index is 1710. The second-order valence-corrected chi connectivity index (χ2v) is 12.6. The summed E-state index contributed by atoms with van der Waals surface area (Å²) in [4.78, 5) is 0. The summed E-state index contributed by atoms with van der Waals surface area (Å²) < 4.78 is 9.10. The summed E-state index contributed by atoms with van der Waals surface area (Å²) >= 11 is 0. The molecule has 0 N–H and O–H groups in total. The molecule has 0 saturated carbocycles. The summed E-state index contributed by atoms with van der Waals surface area (Å²) in [5, 5.41) is 2.41. The topological polar surface area (TPSA) is 17.0 Å². The molecule has 5 aromatic rings. The number of fused-ring (bicyclic) bond motifs is 6. The first-order valence-electron chi connectivity index (χ1n) is 14.2. The van der Waals surface area contributed by atoms with Crippen molar-refractivity contribution in [1.29, 1.82) is 0 Å². The number of nitrogens with zero attached hydrogens (tertiary/aromatic N) is 1. The molecule has 6 rings (SSSR count). The summed E-state index contributed by atoms with van der Waals surface area (Å²) in [5.41, 5.74) is 14.0. The molecule has 3 aromatic carbocycles. The van der Waals surface area contributed by atoms with Gasteiger partial charge in [-0.15, -0.1) is 0 Å². The van der Waals surface area contributed by atoms with Crippen molar-refractivity contribution < 1.29 is 8.98 Å². The average Bonchev–Trinajstić information content (AvgIpc) is 3.33. The molecule has 0 unspecified atom stereocenters. The third kappa shape index (κ3) is 3.64. The average molecular weight is 503 g/mol. The zero-order valence-corrected chi connectivity index (χ0v) is 24.2. The number of aryl methyl sites for hydroxylation is 4. The molecule has 0 bridgehead atoms. The third-order valence-corrected chi connectivity index (χ3v) is 8.75. The van der Waals surface area contributed by atoms with E-state index >= 15 is 0 Å². The molecular formula is C36H40NO+. The second kappa shape index (κ2) is 8.83. The minimum atomic E-state index is 0.0146. The van der Waals surface area contributed by atoms with Gasteiger partial charge in [-0.3, -0.25) is 0 Å². The lowest BCUT2D eigenvalue weighted by Gasteiger charge is -2.35. The Balaban J connectivity index is 1.68. The Morgan fingerprint density at radius 3 is 2.16 bits per heavy atom. The first kappa shape index (κ1) is 24.9. The molecule has 0 aliphatic heterocycles. The highest BCUT2D eigenvalue weighted by Crippen LogP contribution is 2.56. The number of benzene rings is 3. The summed E-state index contributed by atoms with van der Waals surface area (Å²) in [6, 6.07) is 20.8. The summed E-state index contributed by atoms with van der Waals surface area (Å²) in [7, 11) is 2.14. The van der Waals surface area contributed by atoms with E-state index in [-0.39, 0.29) is 5.41 Å². The van der Waals surface area contributed by atoms with Crippen molar-refractivity contribution in [3.05, 3.63) is 88.6 Å². The van der Waals surface area contributed by atoms with Crippen molar-refractivity contribution in [1.82, 2.24) is 0 Å². The predicted octanol–water partition coefficient (Wildman–Crippen LogP) is 9.36. The van der Waals surface area contributed by atoms with Gasteiger partial charge in [-0.05, 0) is 91.0 Å². The van der Waals surface area contributed by atoms with Gasteiger partial charge in [0.05, 0.1) is 5.56 Å². The van der Waals surface area contributed by atoms with Gasteiger partial charge in [0.15, 0.2) is 6.20 Å². The standard InChI is InChI=1S/C36H40NO/c1-21(2)18-36(19-22(3)4)30-12-10-9-11-26(30)28-16-29-27-14-13-23(5)34(35(27)38-33(29)17-31(28)36)32-15-24(6)25(7)20-37(32)8/h9-17,20-22H,18-19H2,1-8H3/q+1. The highest BCUT2D eigenvalue weighted by molar-refractivity contribution is 6.11. The zero-order chi connectivity index (χ0) is 26.9. The van der Waals surface area contributed by atoms with Crippen molar-refractivity contribution in [2.24, 2.45) is 18.9 Å². The van der Waals surface area contributed by atoms with E-state index in [2.05, 4.69) is 121 Å². The number of hydrogen-bond donors (Lipinski definition) is 0. The van der Waals surface area contributed by atoms with Gasteiger partial charge >= 0.3 is 0 Å². The molecule has 0 radical (unpaired) electrons. The van der Waals surface area contributed by atoms with Crippen LogP contribution in [0.4, 0.5) is 0 Å². The molecule has 0 atom stereocenters. The zero-order valence-electron chi connectivity index (χ0n) is 24.2. The van der Waals surface area contributed by atoms with E-state index in [0.717, 1.165) is 24.0 Å². The van der Waals surface area contributed by atoms with Gasteiger partial charge in [0.2, 0.25) is 5.69 Å². The lowest BCUT2D eigenvalue weighted by atomic mass is 9.68. The first-order valence-corrected chi connectivity index (χ1v) is 14.2. The molecule has 0 amide bonds. The fourth-order valence-electron chi connectivity index (χ4n) is 7.25. The lowest BCUT2D eigenvalue weighted by molar-refractivity contribution is -0.660. The first-order chi connectivity index (χ1) is 18.1. The summed E-state index contributed by atoms with van der Waals surface area (Å²) in [5.74, 6) is 1.19. The van der Waals surface area contributed by atoms with Crippen molar-refractivity contribution in [2.75, 3.05) is 0 Å². The van der Waals surface area contributed by atoms with Crippen LogP contribution in [-0.2, 0) is 12.5 Å². The van der Waals surface area contributed by atoms with Gasteiger partial charge in [-0.1, -0.05) is 64.1 Å². The van der Waals surface area contributed by atoms with Crippen molar-refractivity contribution >= 4 is 21.9 Å². The molecule has 0 saturated heterocycles. The van der Waals surface area contributed by atoms with E-state index in [1.807, 2.05) is 0 Å². The molecule has 2 nitrogen and oxygen atoms in total. The van der Waals surface area contributed by atoms with Crippen molar-refractivity contribution in [3.63, 3.8) is 0 Å². The molecule has 0 spiro atoms. The van der Waals surface area contributed by atoms with Crippen LogP contribution in [0, 0.1) is 32.6 Å². The van der Waals surface area contributed by atoms with Crippen LogP contribution in [0.2, 0.25) is 0 Å². The highest BCUT2D eigenvalue weighted by Gasteiger charge is 2.44. The van der Waals surface area contributed by atoms with Crippen LogP contribution in [-0.4, -0.2) is 0 Å². The number of furan rings is 1. The van der Waals surface area contributed by atoms with E-state index in [9.17, 15) is 0 Å². The van der Waals surface area contributed by atoms with Crippen LogP contribution in [0.1, 0.15) is 68.4 Å². The molecule has 2 heteroatoms. The Morgan fingerprint density at radius 2 is 1.45 bits per heavy atom. The number of hydrogen-bond acceptors (Lipinski definition) is 1. The van der Waals surface area contributed by atoms with Gasteiger partial charge < -0.3 is 4.42 Å². The maximum Gasteiger partial charge on any atom is 0.216 e. The van der Waals surface area contributed by atoms with Gasteiger partial charge in [0, 0.05) is 27.8 Å². The largest absolute Gasteiger partial charge is 0.455 e. The smallest absolute Gasteiger partial charge is 0.216 e. The van der Waals surface area contributed by atoms with Crippen LogP contribution in [0.3, 0.4) is 0 Å². The lowest BCUT2D eigenvalue weighted by Crippen LogP contribution is -2.31. The highest BCUT2D eigenvalue weighted by atomic mass is 16.3. The van der Waals surface area contributed by atoms with E-state index in [4.69, 9.17) is 4.42 Å². The Morgan fingerprint density at radius 1 is 0.737 bits per heavy atom. The van der Waals surface area contributed by atoms with Crippen LogP contribution < -0.4 is 4.57 Å². The van der Waals surface area contributed by atoms with Gasteiger partial charge in [-0.25, -0.2) is 4.57 Å². The molecule has 2 aromatic heterocycles. The second-order valence-electron chi connectivity index (χ2n) is 12.6. The molecule has 2 heterocycles. The molecule has 1 aliphatic rings. The Hall–Kier alpha value is -3.39. The molecule has 194 valence electrons. The third-order valence-electron chi connectivity index (χ3n) is 8.75. The SMILES string of the molecule is Cc1cc(-c2c(C)ccc3c2oc2cc4c(cc23)-c2ccccc2C4(CC(C)C)CC(C)C)[n+](C)cc1C. The molecule has 1 aliphatic carbocycles. The van der Waals surface area contributed by atoms with Gasteiger partial charge in [0.1, 0.15) is 18.2 Å². The van der Waals surface area contributed by atoms with Crippen LogP contribution >= 0.6 is 0 Å². The fourth-order valence-corrected chi connectivity index (χ4v) is 7.25. The predicted molar refractivity (Wildman–Crippen MR) is 160 cm³/mol. The number of rotatable bonds is 5. The van der Waals surface area contributed by atoms with E-state index in [1.54, 1.807) is 0 Å².